The maximum atomic E-state index is 10.9. The summed E-state index contributed by atoms with van der Waals surface area (Å²) in [6.07, 6.45) is 0. The monoisotopic (exact) mass is 263 g/mol. The van der Waals surface area contributed by atoms with Gasteiger partial charge in [-0.2, -0.15) is 0 Å². The minimum atomic E-state index is -1.13. The summed E-state index contributed by atoms with van der Waals surface area (Å²) in [6, 6.07) is 9.33. The molecule has 0 radical (unpaired) electrons. The van der Waals surface area contributed by atoms with E-state index in [0.717, 1.165) is 6.07 Å². The number of carboxylic acid groups (broad SMARTS) is 1. The highest BCUT2D eigenvalue weighted by molar-refractivity contribution is 6.30. The molecule has 0 unspecified atom stereocenters. The summed E-state index contributed by atoms with van der Waals surface area (Å²) in [5, 5.41) is 19.1. The first kappa shape index (κ1) is 12.3. The number of phenolic OH excluding ortho intramolecular Hbond substituents is 1. The van der Waals surface area contributed by atoms with Crippen LogP contribution in [0.5, 0.6) is 5.75 Å². The normalized spacial score (nSPS) is 10.3. The Kier molecular flexibility index (Phi) is 3.12. The third kappa shape index (κ3) is 2.24. The van der Waals surface area contributed by atoms with E-state index in [1.165, 1.54) is 6.07 Å². The van der Waals surface area contributed by atoms with E-state index in [2.05, 4.69) is 0 Å². The number of carbonyl (C=O) groups is 1. The molecule has 0 saturated heterocycles. The fraction of sp³-hybridized carbons (Fsp3) is 0. The number of hydrogen-bond donors (Lipinski definition) is 3. The van der Waals surface area contributed by atoms with E-state index in [9.17, 15) is 9.90 Å². The third-order valence-electron chi connectivity index (χ3n) is 2.54. The van der Waals surface area contributed by atoms with Crippen molar-refractivity contribution in [2.24, 2.45) is 0 Å². The Hall–Kier alpha value is -2.20. The fourth-order valence-corrected chi connectivity index (χ4v) is 1.85. The van der Waals surface area contributed by atoms with Gasteiger partial charge in [-0.25, -0.2) is 4.79 Å². The van der Waals surface area contributed by atoms with Crippen molar-refractivity contribution in [2.45, 2.75) is 0 Å². The number of nitrogens with two attached hydrogens (primary N) is 1. The number of phenols is 1. The average molecular weight is 264 g/mol. The van der Waals surface area contributed by atoms with Crippen LogP contribution in [0.3, 0.4) is 0 Å². The Bertz CT molecular complexity index is 626. The van der Waals surface area contributed by atoms with E-state index in [1.54, 1.807) is 24.3 Å². The zero-order valence-corrected chi connectivity index (χ0v) is 9.98. The van der Waals surface area contributed by atoms with E-state index in [-0.39, 0.29) is 17.0 Å². The van der Waals surface area contributed by atoms with Gasteiger partial charge in [0.05, 0.1) is 11.3 Å². The van der Waals surface area contributed by atoms with Crippen LogP contribution in [-0.4, -0.2) is 16.2 Å². The second-order valence-corrected chi connectivity index (χ2v) is 4.21. The number of benzene rings is 2. The molecule has 4 nitrogen and oxygen atoms in total. The minimum Gasteiger partial charge on any atom is -0.506 e. The van der Waals surface area contributed by atoms with Gasteiger partial charge in [0, 0.05) is 10.6 Å². The molecule has 18 heavy (non-hydrogen) atoms. The number of aromatic carboxylic acids is 1. The van der Waals surface area contributed by atoms with Gasteiger partial charge in [-0.15, -0.1) is 0 Å². The standard InChI is InChI=1S/C13H10ClNO3/c14-9-3-1-2-7(4-9)10-5-8(13(17)18)6-11(16)12(10)15/h1-6,16H,15H2,(H,17,18). The molecule has 0 spiro atoms. The quantitative estimate of drug-likeness (QED) is 0.574. The Morgan fingerprint density at radius 1 is 1.22 bits per heavy atom. The lowest BCUT2D eigenvalue weighted by atomic mass is 10.0. The molecule has 92 valence electrons. The average Bonchev–Trinajstić information content (AvgIpc) is 2.32. The first-order valence-electron chi connectivity index (χ1n) is 5.11. The molecule has 0 aliphatic heterocycles. The molecular formula is C13H10ClNO3. The number of anilines is 1. The molecule has 0 aliphatic carbocycles. The van der Waals surface area contributed by atoms with Crippen LogP contribution in [0, 0.1) is 0 Å². The van der Waals surface area contributed by atoms with Crippen molar-refractivity contribution < 1.29 is 15.0 Å². The van der Waals surface area contributed by atoms with Gasteiger partial charge in [0.1, 0.15) is 5.75 Å². The Morgan fingerprint density at radius 2 is 1.94 bits per heavy atom. The fourth-order valence-electron chi connectivity index (χ4n) is 1.66. The van der Waals surface area contributed by atoms with E-state index in [0.29, 0.717) is 16.1 Å². The van der Waals surface area contributed by atoms with Gasteiger partial charge in [-0.05, 0) is 29.8 Å². The highest BCUT2D eigenvalue weighted by Crippen LogP contribution is 2.35. The Balaban J connectivity index is 2.66. The van der Waals surface area contributed by atoms with Gasteiger partial charge in [-0.1, -0.05) is 23.7 Å². The Morgan fingerprint density at radius 3 is 2.56 bits per heavy atom. The van der Waals surface area contributed by atoms with E-state index < -0.39 is 5.97 Å². The van der Waals surface area contributed by atoms with Crippen LogP contribution in [0.25, 0.3) is 11.1 Å². The largest absolute Gasteiger partial charge is 0.506 e. The van der Waals surface area contributed by atoms with Gasteiger partial charge in [0.25, 0.3) is 0 Å². The molecule has 0 fully saturated rings. The molecule has 4 N–H and O–H groups in total. The van der Waals surface area contributed by atoms with Gasteiger partial charge in [0.15, 0.2) is 0 Å². The predicted octanol–water partition coefficient (Wildman–Crippen LogP) is 2.99. The summed E-state index contributed by atoms with van der Waals surface area (Å²) in [5.41, 5.74) is 6.93. The molecule has 0 saturated carbocycles. The molecule has 0 aliphatic rings. The predicted molar refractivity (Wildman–Crippen MR) is 69.9 cm³/mol. The molecule has 2 aromatic carbocycles. The maximum absolute atomic E-state index is 10.9. The number of nitrogen functional groups attached to an aromatic ring is 1. The zero-order chi connectivity index (χ0) is 13.3. The molecule has 2 rings (SSSR count). The lowest BCUT2D eigenvalue weighted by Gasteiger charge is -2.09. The number of hydrogen-bond acceptors (Lipinski definition) is 3. The van der Waals surface area contributed by atoms with E-state index in [4.69, 9.17) is 22.4 Å². The SMILES string of the molecule is Nc1c(O)cc(C(=O)O)cc1-c1cccc(Cl)c1. The summed E-state index contributed by atoms with van der Waals surface area (Å²) in [7, 11) is 0. The molecule has 2 aromatic rings. The number of halogens is 1. The first-order valence-corrected chi connectivity index (χ1v) is 5.48. The lowest BCUT2D eigenvalue weighted by molar-refractivity contribution is 0.0696. The van der Waals surface area contributed by atoms with Crippen molar-refractivity contribution in [2.75, 3.05) is 5.73 Å². The van der Waals surface area contributed by atoms with Crippen LogP contribution < -0.4 is 5.73 Å². The molecule has 0 atom stereocenters. The summed E-state index contributed by atoms with van der Waals surface area (Å²) in [5.74, 6) is -1.39. The summed E-state index contributed by atoms with van der Waals surface area (Å²) in [4.78, 5) is 10.9. The van der Waals surface area contributed by atoms with E-state index >= 15 is 0 Å². The van der Waals surface area contributed by atoms with Gasteiger partial charge in [0.2, 0.25) is 0 Å². The van der Waals surface area contributed by atoms with Crippen LogP contribution in [0.4, 0.5) is 5.69 Å². The van der Waals surface area contributed by atoms with Crippen molar-refractivity contribution in [3.63, 3.8) is 0 Å². The van der Waals surface area contributed by atoms with Gasteiger partial charge < -0.3 is 15.9 Å². The van der Waals surface area contributed by atoms with Crippen LogP contribution in [0.2, 0.25) is 5.02 Å². The summed E-state index contributed by atoms with van der Waals surface area (Å²) in [6.45, 7) is 0. The van der Waals surface area contributed by atoms with Crippen LogP contribution >= 0.6 is 11.6 Å². The topological polar surface area (TPSA) is 83.5 Å². The maximum Gasteiger partial charge on any atom is 0.335 e. The van der Waals surface area contributed by atoms with Gasteiger partial charge >= 0.3 is 5.97 Å². The number of aromatic hydroxyl groups is 1. The molecule has 0 amide bonds. The van der Waals surface area contributed by atoms with Crippen LogP contribution in [-0.2, 0) is 0 Å². The number of rotatable bonds is 2. The number of carboxylic acids is 1. The first-order chi connectivity index (χ1) is 8.49. The van der Waals surface area contributed by atoms with Crippen molar-refractivity contribution in [1.82, 2.24) is 0 Å². The smallest absolute Gasteiger partial charge is 0.335 e. The molecule has 5 heteroatoms. The van der Waals surface area contributed by atoms with Crippen molar-refractivity contribution in [1.29, 1.82) is 0 Å². The van der Waals surface area contributed by atoms with E-state index in [1.807, 2.05) is 0 Å². The third-order valence-corrected chi connectivity index (χ3v) is 2.78. The molecule has 0 bridgehead atoms. The van der Waals surface area contributed by atoms with Crippen molar-refractivity contribution in [3.05, 3.63) is 47.0 Å². The molecule has 0 heterocycles. The zero-order valence-electron chi connectivity index (χ0n) is 9.22. The van der Waals surface area contributed by atoms with Crippen molar-refractivity contribution >= 4 is 23.3 Å². The van der Waals surface area contributed by atoms with Crippen LogP contribution in [0.15, 0.2) is 36.4 Å². The lowest BCUT2D eigenvalue weighted by Crippen LogP contribution is -1.99. The summed E-state index contributed by atoms with van der Waals surface area (Å²) < 4.78 is 0. The van der Waals surface area contributed by atoms with Crippen molar-refractivity contribution in [3.8, 4) is 16.9 Å². The second kappa shape index (κ2) is 4.58. The highest BCUT2D eigenvalue weighted by atomic mass is 35.5. The second-order valence-electron chi connectivity index (χ2n) is 3.77. The summed E-state index contributed by atoms with van der Waals surface area (Å²) >= 11 is 5.87. The molecule has 0 aromatic heterocycles. The Labute approximate surface area is 108 Å². The molecular weight excluding hydrogens is 254 g/mol. The highest BCUT2D eigenvalue weighted by Gasteiger charge is 2.13. The minimum absolute atomic E-state index is 0.0309. The van der Waals surface area contributed by atoms with Crippen LogP contribution in [0.1, 0.15) is 10.4 Å². The van der Waals surface area contributed by atoms with Gasteiger partial charge in [-0.3, -0.25) is 0 Å².